The summed E-state index contributed by atoms with van der Waals surface area (Å²) in [5, 5.41) is 12.3. The van der Waals surface area contributed by atoms with Gasteiger partial charge in [0.05, 0.1) is 5.56 Å². The third-order valence-corrected chi connectivity index (χ3v) is 5.19. The highest BCUT2D eigenvalue weighted by Crippen LogP contribution is 2.37. The minimum Gasteiger partial charge on any atom is -0.549 e. The fraction of sp³-hybridized carbons (Fsp3) is 0.227. The van der Waals surface area contributed by atoms with E-state index < -0.39 is 17.5 Å². The maximum Gasteiger partial charge on any atom is 0.340 e. The number of aliphatic carboxylic acids is 1. The predicted octanol–water partition coefficient (Wildman–Crippen LogP) is 2.83. The summed E-state index contributed by atoms with van der Waals surface area (Å²) < 4.78 is 5.46. The maximum atomic E-state index is 12.8. The van der Waals surface area contributed by atoms with Crippen LogP contribution in [0.5, 0.6) is 0 Å². The van der Waals surface area contributed by atoms with Crippen molar-refractivity contribution in [2.75, 3.05) is 0 Å². The van der Waals surface area contributed by atoms with Crippen molar-refractivity contribution in [2.45, 2.75) is 32.1 Å². The molecule has 27 heavy (non-hydrogen) atoms. The summed E-state index contributed by atoms with van der Waals surface area (Å²) in [6.07, 6.45) is 1.27. The first kappa shape index (κ1) is 17.2. The number of fused-ring (bicyclic) bond motifs is 2. The first-order valence-electron chi connectivity index (χ1n) is 8.94. The smallest absolute Gasteiger partial charge is 0.340 e. The molecule has 0 fully saturated rings. The van der Waals surface area contributed by atoms with Gasteiger partial charge >= 0.3 is 5.63 Å². The molecule has 4 rings (SSSR count). The summed E-state index contributed by atoms with van der Waals surface area (Å²) in [6.45, 7) is 1.69. The quantitative estimate of drug-likeness (QED) is 0.667. The number of rotatable bonds is 4. The van der Waals surface area contributed by atoms with Crippen LogP contribution in [0.3, 0.4) is 0 Å². The zero-order valence-corrected chi connectivity index (χ0v) is 14.8. The number of hydrogen-bond donors (Lipinski definition) is 0. The summed E-state index contributed by atoms with van der Waals surface area (Å²) in [4.78, 5) is 36.5. The summed E-state index contributed by atoms with van der Waals surface area (Å²) >= 11 is 0. The van der Waals surface area contributed by atoms with E-state index in [-0.39, 0.29) is 17.8 Å². The van der Waals surface area contributed by atoms with Crippen molar-refractivity contribution in [3.05, 3.63) is 69.6 Å². The number of carbonyl (C=O) groups excluding carboxylic acids is 2. The molecule has 0 saturated carbocycles. The molecule has 5 nitrogen and oxygen atoms in total. The van der Waals surface area contributed by atoms with E-state index in [9.17, 15) is 19.5 Å². The van der Waals surface area contributed by atoms with Crippen molar-refractivity contribution >= 4 is 22.7 Å². The lowest BCUT2D eigenvalue weighted by molar-refractivity contribution is -0.308. The van der Waals surface area contributed by atoms with Gasteiger partial charge in [0.15, 0.2) is 5.78 Å². The van der Waals surface area contributed by atoms with Gasteiger partial charge in [-0.1, -0.05) is 37.3 Å². The zero-order valence-electron chi connectivity index (χ0n) is 14.8. The number of benzene rings is 2. The molecule has 0 saturated heterocycles. The number of hydrogen-bond acceptors (Lipinski definition) is 5. The lowest BCUT2D eigenvalue weighted by Gasteiger charge is -2.20. The van der Waals surface area contributed by atoms with Crippen molar-refractivity contribution in [2.24, 2.45) is 0 Å². The first-order chi connectivity index (χ1) is 13.0. The predicted molar refractivity (Wildman–Crippen MR) is 98.6 cm³/mol. The molecule has 1 aliphatic carbocycles. The molecule has 1 atom stereocenters. The Kier molecular flexibility index (Phi) is 4.15. The number of carboxylic acid groups (broad SMARTS) is 1. The third kappa shape index (κ3) is 2.76. The third-order valence-electron chi connectivity index (χ3n) is 5.19. The Morgan fingerprint density at radius 1 is 1.15 bits per heavy atom. The lowest BCUT2D eigenvalue weighted by Crippen LogP contribution is -2.32. The van der Waals surface area contributed by atoms with Crippen LogP contribution in [0.4, 0.5) is 0 Å². The van der Waals surface area contributed by atoms with Gasteiger partial charge in [0.25, 0.3) is 0 Å². The molecule has 1 heterocycles. The van der Waals surface area contributed by atoms with Gasteiger partial charge in [0, 0.05) is 34.8 Å². The van der Waals surface area contributed by atoms with Gasteiger partial charge in [0.2, 0.25) is 0 Å². The lowest BCUT2D eigenvalue weighted by atomic mass is 9.87. The van der Waals surface area contributed by atoms with Crippen LogP contribution < -0.4 is 10.7 Å². The van der Waals surface area contributed by atoms with E-state index in [2.05, 4.69) is 0 Å². The van der Waals surface area contributed by atoms with Gasteiger partial charge in [-0.15, -0.1) is 0 Å². The maximum absolute atomic E-state index is 12.8. The highest BCUT2D eigenvalue weighted by molar-refractivity contribution is 6.06. The average molecular weight is 361 g/mol. The van der Waals surface area contributed by atoms with Crippen molar-refractivity contribution < 1.29 is 19.1 Å². The molecule has 0 spiro atoms. The van der Waals surface area contributed by atoms with Gasteiger partial charge in [-0.05, 0) is 36.1 Å². The molecule has 0 radical (unpaired) electrons. The molecule has 0 amide bonds. The van der Waals surface area contributed by atoms with Gasteiger partial charge in [0.1, 0.15) is 5.58 Å². The first-order valence-corrected chi connectivity index (χ1v) is 8.94. The molecule has 3 aromatic rings. The van der Waals surface area contributed by atoms with Crippen molar-refractivity contribution in [1.29, 1.82) is 0 Å². The zero-order chi connectivity index (χ0) is 19.1. The van der Waals surface area contributed by atoms with E-state index in [1.165, 1.54) is 0 Å². The van der Waals surface area contributed by atoms with Crippen LogP contribution in [-0.2, 0) is 11.2 Å². The fourth-order valence-corrected chi connectivity index (χ4v) is 3.88. The molecule has 1 unspecified atom stereocenters. The van der Waals surface area contributed by atoms with E-state index in [0.29, 0.717) is 34.9 Å². The minimum absolute atomic E-state index is 0.0288. The summed E-state index contributed by atoms with van der Waals surface area (Å²) in [5.41, 5.74) is 2.43. The number of ketones is 1. The van der Waals surface area contributed by atoms with Crippen LogP contribution in [-0.4, -0.2) is 11.8 Å². The Morgan fingerprint density at radius 3 is 2.56 bits per heavy atom. The standard InChI is InChI=1S/C22H18O5/c1-2-14(21(24)25)20-19(12-6-4-3-5-7-12)16-10-13-8-9-17(23)15(13)11-18(16)27-22(20)26/h3-7,10-11,14H,2,8-9H2,1H3,(H,24,25)/p-1. The van der Waals surface area contributed by atoms with Gasteiger partial charge < -0.3 is 14.3 Å². The Morgan fingerprint density at radius 2 is 1.89 bits per heavy atom. The molecular weight excluding hydrogens is 344 g/mol. The topological polar surface area (TPSA) is 87.4 Å². The second kappa shape index (κ2) is 6.50. The molecule has 5 heteroatoms. The van der Waals surface area contributed by atoms with E-state index in [1.807, 2.05) is 36.4 Å². The SMILES string of the molecule is CCC(C(=O)[O-])c1c(-c2ccccc2)c2cc3c(cc2oc1=O)C(=O)CC3. The second-order valence-corrected chi connectivity index (χ2v) is 6.75. The summed E-state index contributed by atoms with van der Waals surface area (Å²) in [5.74, 6) is -2.35. The van der Waals surface area contributed by atoms with Crippen LogP contribution in [0.25, 0.3) is 22.1 Å². The molecular formula is C22H17O5-. The van der Waals surface area contributed by atoms with Crippen LogP contribution in [0.15, 0.2) is 51.7 Å². The number of carbonyl (C=O) groups is 2. The van der Waals surface area contributed by atoms with E-state index in [0.717, 1.165) is 11.1 Å². The van der Waals surface area contributed by atoms with Gasteiger partial charge in [-0.25, -0.2) is 4.79 Å². The second-order valence-electron chi connectivity index (χ2n) is 6.75. The Balaban J connectivity index is 2.14. The molecule has 1 aromatic heterocycles. The normalized spacial score (nSPS) is 14.3. The van der Waals surface area contributed by atoms with Gasteiger partial charge in [-0.2, -0.15) is 0 Å². The highest BCUT2D eigenvalue weighted by atomic mass is 16.4. The molecule has 0 bridgehead atoms. The van der Waals surface area contributed by atoms with Crippen molar-refractivity contribution in [1.82, 2.24) is 0 Å². The van der Waals surface area contributed by atoms with Crippen LogP contribution in [0.1, 0.15) is 47.2 Å². The Bertz CT molecular complexity index is 1120. The Hall–Kier alpha value is -3.21. The van der Waals surface area contributed by atoms with Crippen molar-refractivity contribution in [3.63, 3.8) is 0 Å². The van der Waals surface area contributed by atoms with E-state index in [1.54, 1.807) is 13.0 Å². The number of Topliss-reactive ketones (excluding diaryl/α,β-unsaturated/α-hetero) is 1. The van der Waals surface area contributed by atoms with Gasteiger partial charge in [-0.3, -0.25) is 4.79 Å². The molecule has 136 valence electrons. The summed E-state index contributed by atoms with van der Waals surface area (Å²) in [6, 6.07) is 12.6. The average Bonchev–Trinajstić information content (AvgIpc) is 3.01. The van der Waals surface area contributed by atoms with Crippen LogP contribution >= 0.6 is 0 Å². The monoisotopic (exact) mass is 361 g/mol. The van der Waals surface area contributed by atoms with E-state index in [4.69, 9.17) is 4.42 Å². The fourth-order valence-electron chi connectivity index (χ4n) is 3.88. The van der Waals surface area contributed by atoms with Crippen molar-refractivity contribution in [3.8, 4) is 11.1 Å². The molecule has 1 aliphatic rings. The highest BCUT2D eigenvalue weighted by Gasteiger charge is 2.27. The number of aryl methyl sites for hydroxylation is 1. The summed E-state index contributed by atoms with van der Waals surface area (Å²) in [7, 11) is 0. The van der Waals surface area contributed by atoms with Crippen LogP contribution in [0, 0.1) is 0 Å². The molecule has 0 N–H and O–H groups in total. The van der Waals surface area contributed by atoms with E-state index >= 15 is 0 Å². The molecule has 0 aliphatic heterocycles. The minimum atomic E-state index is -1.31. The Labute approximate surface area is 155 Å². The number of carboxylic acids is 1. The van der Waals surface area contributed by atoms with Crippen LogP contribution in [0.2, 0.25) is 0 Å². The molecule has 2 aromatic carbocycles. The largest absolute Gasteiger partial charge is 0.549 e.